The first-order valence-corrected chi connectivity index (χ1v) is 5.90. The van der Waals surface area contributed by atoms with Crippen LogP contribution in [-0.4, -0.2) is 0 Å². The summed E-state index contributed by atoms with van der Waals surface area (Å²) in [6.07, 6.45) is 5.94. The zero-order valence-corrected chi connectivity index (χ0v) is 10.7. The predicted octanol–water partition coefficient (Wildman–Crippen LogP) is 3.97. The lowest BCUT2D eigenvalue weighted by molar-refractivity contribution is 0.504. The first-order chi connectivity index (χ1) is 8.00. The van der Waals surface area contributed by atoms with E-state index in [2.05, 4.69) is 26.8 Å². The fourth-order valence-electron chi connectivity index (χ4n) is 1.30. The lowest BCUT2D eigenvalue weighted by Crippen LogP contribution is -1.99. The van der Waals surface area contributed by atoms with E-state index in [1.807, 2.05) is 12.2 Å². The maximum atomic E-state index is 12.7. The van der Waals surface area contributed by atoms with Gasteiger partial charge in [-0.05, 0) is 35.6 Å². The molecule has 1 atom stereocenters. The van der Waals surface area contributed by atoms with E-state index in [1.54, 1.807) is 12.1 Å². The van der Waals surface area contributed by atoms with E-state index in [0.29, 0.717) is 17.5 Å². The average Bonchev–Trinajstić information content (AvgIpc) is 2.29. The van der Waals surface area contributed by atoms with Crippen LogP contribution in [0, 0.1) is 17.7 Å². The molecule has 0 aromatic heterocycles. The number of benzene rings is 1. The molecule has 0 aliphatic carbocycles. The molecule has 1 aromatic carbocycles. The van der Waals surface area contributed by atoms with E-state index in [0.717, 1.165) is 5.56 Å². The van der Waals surface area contributed by atoms with Gasteiger partial charge >= 0.3 is 0 Å². The lowest BCUT2D eigenvalue weighted by atomic mass is 9.98. The summed E-state index contributed by atoms with van der Waals surface area (Å²) in [5, 5.41) is 0. The summed E-state index contributed by atoms with van der Waals surface area (Å²) in [4.78, 5) is 0. The molecular formula is C15H20FN. The summed E-state index contributed by atoms with van der Waals surface area (Å²) in [6, 6.07) is 6.19. The summed E-state index contributed by atoms with van der Waals surface area (Å²) < 4.78 is 12.7. The van der Waals surface area contributed by atoms with Gasteiger partial charge in [-0.25, -0.2) is 4.39 Å². The Bertz CT molecular complexity index is 401. The molecule has 0 aliphatic heterocycles. The standard InChI is InChI=1S/C15H20FN/c1-11(2)12(3)5-4-6-15(17)13-7-9-14(16)10-8-13/h4-12H,17H2,1-3H3/b5-4-,15-6-. The Kier molecular flexibility index (Phi) is 4.95. The van der Waals surface area contributed by atoms with Crippen LogP contribution < -0.4 is 5.73 Å². The van der Waals surface area contributed by atoms with Gasteiger partial charge in [0.1, 0.15) is 5.82 Å². The topological polar surface area (TPSA) is 26.0 Å². The molecule has 17 heavy (non-hydrogen) atoms. The Labute approximate surface area is 103 Å². The first-order valence-electron chi connectivity index (χ1n) is 5.90. The minimum atomic E-state index is -0.245. The fraction of sp³-hybridized carbons (Fsp3) is 0.333. The third-order valence-electron chi connectivity index (χ3n) is 2.92. The minimum absolute atomic E-state index is 0.245. The molecule has 1 unspecified atom stereocenters. The van der Waals surface area contributed by atoms with Crippen molar-refractivity contribution in [2.75, 3.05) is 0 Å². The molecule has 2 N–H and O–H groups in total. The zero-order chi connectivity index (χ0) is 12.8. The number of allylic oxidation sites excluding steroid dienone is 3. The van der Waals surface area contributed by atoms with Crippen LogP contribution in [-0.2, 0) is 0 Å². The van der Waals surface area contributed by atoms with Gasteiger partial charge < -0.3 is 5.73 Å². The highest BCUT2D eigenvalue weighted by molar-refractivity contribution is 5.63. The highest BCUT2D eigenvalue weighted by Crippen LogP contribution is 2.13. The van der Waals surface area contributed by atoms with E-state index in [-0.39, 0.29) is 5.82 Å². The maximum absolute atomic E-state index is 12.7. The van der Waals surface area contributed by atoms with Crippen LogP contribution in [0.3, 0.4) is 0 Å². The van der Waals surface area contributed by atoms with Gasteiger partial charge in [0, 0.05) is 5.70 Å². The number of hydrogen-bond acceptors (Lipinski definition) is 1. The molecular weight excluding hydrogens is 213 g/mol. The van der Waals surface area contributed by atoms with Crippen molar-refractivity contribution in [2.24, 2.45) is 17.6 Å². The molecule has 0 bridgehead atoms. The lowest BCUT2D eigenvalue weighted by Gasteiger charge is -2.08. The normalized spacial score (nSPS) is 14.5. The van der Waals surface area contributed by atoms with Gasteiger partial charge in [-0.2, -0.15) is 0 Å². The van der Waals surface area contributed by atoms with Gasteiger partial charge in [0.05, 0.1) is 0 Å². The zero-order valence-electron chi connectivity index (χ0n) is 10.7. The molecule has 92 valence electrons. The third kappa shape index (κ3) is 4.43. The summed E-state index contributed by atoms with van der Waals surface area (Å²) in [6.45, 7) is 6.53. The van der Waals surface area contributed by atoms with E-state index in [9.17, 15) is 4.39 Å². The third-order valence-corrected chi connectivity index (χ3v) is 2.92. The fourth-order valence-corrected chi connectivity index (χ4v) is 1.30. The van der Waals surface area contributed by atoms with Gasteiger partial charge in [-0.3, -0.25) is 0 Å². The summed E-state index contributed by atoms with van der Waals surface area (Å²) >= 11 is 0. The van der Waals surface area contributed by atoms with E-state index < -0.39 is 0 Å². The molecule has 0 heterocycles. The highest BCUT2D eigenvalue weighted by atomic mass is 19.1. The molecule has 0 aliphatic rings. The Hall–Kier alpha value is -1.57. The second kappa shape index (κ2) is 6.24. The van der Waals surface area contributed by atoms with Crippen molar-refractivity contribution in [3.05, 3.63) is 53.9 Å². The van der Waals surface area contributed by atoms with Crippen molar-refractivity contribution in [3.63, 3.8) is 0 Å². The molecule has 1 aromatic rings. The minimum Gasteiger partial charge on any atom is -0.398 e. The van der Waals surface area contributed by atoms with Crippen molar-refractivity contribution < 1.29 is 4.39 Å². The van der Waals surface area contributed by atoms with Gasteiger partial charge in [-0.1, -0.05) is 45.1 Å². The monoisotopic (exact) mass is 233 g/mol. The number of hydrogen-bond donors (Lipinski definition) is 1. The van der Waals surface area contributed by atoms with Gasteiger partial charge in [0.2, 0.25) is 0 Å². The van der Waals surface area contributed by atoms with Crippen LogP contribution in [0.2, 0.25) is 0 Å². The average molecular weight is 233 g/mol. The van der Waals surface area contributed by atoms with Crippen molar-refractivity contribution in [3.8, 4) is 0 Å². The number of halogens is 1. The molecule has 0 saturated heterocycles. The largest absolute Gasteiger partial charge is 0.398 e. The van der Waals surface area contributed by atoms with E-state index in [4.69, 9.17) is 5.73 Å². The van der Waals surface area contributed by atoms with Crippen molar-refractivity contribution in [2.45, 2.75) is 20.8 Å². The Morgan fingerprint density at radius 2 is 1.76 bits per heavy atom. The van der Waals surface area contributed by atoms with Crippen LogP contribution in [0.5, 0.6) is 0 Å². The van der Waals surface area contributed by atoms with Gasteiger partial charge in [0.25, 0.3) is 0 Å². The van der Waals surface area contributed by atoms with E-state index in [1.165, 1.54) is 12.1 Å². The van der Waals surface area contributed by atoms with Crippen LogP contribution in [0.1, 0.15) is 26.3 Å². The van der Waals surface area contributed by atoms with Gasteiger partial charge in [-0.15, -0.1) is 0 Å². The van der Waals surface area contributed by atoms with Crippen LogP contribution in [0.4, 0.5) is 4.39 Å². The predicted molar refractivity (Wildman–Crippen MR) is 71.7 cm³/mol. The molecule has 0 fully saturated rings. The summed E-state index contributed by atoms with van der Waals surface area (Å²) in [7, 11) is 0. The number of rotatable bonds is 4. The van der Waals surface area contributed by atoms with Crippen molar-refractivity contribution in [1.29, 1.82) is 0 Å². The van der Waals surface area contributed by atoms with Crippen molar-refractivity contribution >= 4 is 5.70 Å². The second-order valence-corrected chi connectivity index (χ2v) is 4.62. The molecule has 2 heteroatoms. The molecule has 1 rings (SSSR count). The van der Waals surface area contributed by atoms with Crippen LogP contribution >= 0.6 is 0 Å². The summed E-state index contributed by atoms with van der Waals surface area (Å²) in [5.74, 6) is 0.893. The quantitative estimate of drug-likeness (QED) is 0.782. The Morgan fingerprint density at radius 3 is 2.29 bits per heavy atom. The molecule has 0 amide bonds. The first kappa shape index (κ1) is 13.5. The second-order valence-electron chi connectivity index (χ2n) is 4.62. The SMILES string of the molecule is CC(C)C(C)/C=C\C=C(/N)c1ccc(F)cc1. The van der Waals surface area contributed by atoms with Crippen LogP contribution in [0.15, 0.2) is 42.5 Å². The molecule has 1 nitrogen and oxygen atoms in total. The molecule has 0 spiro atoms. The molecule has 0 radical (unpaired) electrons. The Morgan fingerprint density at radius 1 is 1.18 bits per heavy atom. The highest BCUT2D eigenvalue weighted by Gasteiger charge is 2.01. The number of nitrogens with two attached hydrogens (primary N) is 1. The Balaban J connectivity index is 2.70. The smallest absolute Gasteiger partial charge is 0.123 e. The van der Waals surface area contributed by atoms with Crippen molar-refractivity contribution in [1.82, 2.24) is 0 Å². The maximum Gasteiger partial charge on any atom is 0.123 e. The summed E-state index contributed by atoms with van der Waals surface area (Å²) in [5.41, 5.74) is 7.39. The molecule has 0 saturated carbocycles. The van der Waals surface area contributed by atoms with Crippen LogP contribution in [0.25, 0.3) is 5.70 Å². The van der Waals surface area contributed by atoms with E-state index >= 15 is 0 Å². The van der Waals surface area contributed by atoms with Gasteiger partial charge in [0.15, 0.2) is 0 Å².